The molecule has 1 atom stereocenters. The normalized spacial score (nSPS) is 16.9. The Labute approximate surface area is 166 Å². The Hall–Kier alpha value is -2.07. The van der Waals surface area contributed by atoms with E-state index in [9.17, 15) is 9.59 Å². The van der Waals surface area contributed by atoms with Gasteiger partial charge in [-0.3, -0.25) is 4.79 Å². The number of rotatable bonds is 7. The van der Waals surface area contributed by atoms with E-state index in [4.69, 9.17) is 0 Å². The van der Waals surface area contributed by atoms with Crippen LogP contribution < -0.4 is 10.6 Å². The first-order valence-electron chi connectivity index (χ1n) is 8.93. The average Bonchev–Trinajstić information content (AvgIpc) is 3.35. The quantitative estimate of drug-likeness (QED) is 0.537. The number of thiophene rings is 1. The molecule has 0 spiro atoms. The van der Waals surface area contributed by atoms with Gasteiger partial charge in [0.15, 0.2) is 5.16 Å². The van der Waals surface area contributed by atoms with Crippen molar-refractivity contribution in [3.05, 3.63) is 28.7 Å². The lowest BCUT2D eigenvalue weighted by molar-refractivity contribution is -0.126. The minimum atomic E-state index is -0.147. The highest BCUT2D eigenvalue weighted by atomic mass is 32.2. The van der Waals surface area contributed by atoms with Crippen LogP contribution in [-0.4, -0.2) is 57.0 Å². The first kappa shape index (κ1) is 19.7. The van der Waals surface area contributed by atoms with Gasteiger partial charge < -0.3 is 20.1 Å². The second-order valence-electron chi connectivity index (χ2n) is 6.39. The Morgan fingerprint density at radius 2 is 2.30 bits per heavy atom. The van der Waals surface area contributed by atoms with Gasteiger partial charge in [-0.25, -0.2) is 4.79 Å². The fraction of sp³-hybridized carbons (Fsp3) is 0.529. The maximum absolute atomic E-state index is 12.4. The third-order valence-corrected chi connectivity index (χ3v) is 6.29. The van der Waals surface area contributed by atoms with Gasteiger partial charge >= 0.3 is 6.03 Å². The predicted molar refractivity (Wildman–Crippen MR) is 106 cm³/mol. The van der Waals surface area contributed by atoms with Gasteiger partial charge in [0.1, 0.15) is 6.33 Å². The third-order valence-electron chi connectivity index (χ3n) is 4.38. The number of nitrogens with zero attached hydrogens (tertiary/aromatic N) is 4. The molecule has 0 aliphatic carbocycles. The summed E-state index contributed by atoms with van der Waals surface area (Å²) in [5.41, 5.74) is 0. The van der Waals surface area contributed by atoms with Crippen LogP contribution >= 0.6 is 23.1 Å². The van der Waals surface area contributed by atoms with E-state index in [0.29, 0.717) is 26.2 Å². The fourth-order valence-electron chi connectivity index (χ4n) is 2.93. The summed E-state index contributed by atoms with van der Waals surface area (Å²) in [5.74, 6) is 0.603. The van der Waals surface area contributed by atoms with Crippen molar-refractivity contribution in [3.8, 4) is 0 Å². The molecule has 2 N–H and O–H groups in total. The summed E-state index contributed by atoms with van der Waals surface area (Å²) in [5, 5.41) is 16.6. The number of carbonyl (C=O) groups is 2. The van der Waals surface area contributed by atoms with E-state index in [-0.39, 0.29) is 17.9 Å². The van der Waals surface area contributed by atoms with Crippen molar-refractivity contribution in [1.29, 1.82) is 0 Å². The molecule has 1 fully saturated rings. The van der Waals surface area contributed by atoms with Crippen LogP contribution in [0.3, 0.4) is 0 Å². The molecular weight excluding hydrogens is 384 g/mol. The molecule has 3 amide bonds. The minimum absolute atomic E-state index is 0.0179. The molecule has 0 saturated carbocycles. The van der Waals surface area contributed by atoms with Gasteiger partial charge in [-0.2, -0.15) is 0 Å². The Balaban J connectivity index is 1.38. The number of hydrogen-bond acceptors (Lipinski definition) is 6. The van der Waals surface area contributed by atoms with Crippen molar-refractivity contribution in [2.75, 3.05) is 25.4 Å². The summed E-state index contributed by atoms with van der Waals surface area (Å²) in [6.07, 6.45) is 3.32. The number of amides is 3. The molecule has 0 bridgehead atoms. The Morgan fingerprint density at radius 3 is 3.04 bits per heavy atom. The second kappa shape index (κ2) is 9.75. The highest BCUT2D eigenvalue weighted by Crippen LogP contribution is 2.17. The van der Waals surface area contributed by atoms with Crippen molar-refractivity contribution in [3.63, 3.8) is 0 Å². The van der Waals surface area contributed by atoms with Crippen LogP contribution in [0, 0.1) is 5.92 Å². The first-order chi connectivity index (χ1) is 13.1. The zero-order chi connectivity index (χ0) is 19.1. The largest absolute Gasteiger partial charge is 0.355 e. The molecule has 27 heavy (non-hydrogen) atoms. The standard InChI is InChI=1S/C17H24N6O2S2/c1-22-12-20-21-17(22)27-9-6-18-15(24)13-4-2-7-23(11-13)16(25)19-10-14-5-3-8-26-14/h3,5,8,12-13H,2,4,6-7,9-11H2,1H3,(H,18,24)(H,19,25). The van der Waals surface area contributed by atoms with Crippen LogP contribution in [0.25, 0.3) is 0 Å². The number of hydrogen-bond donors (Lipinski definition) is 2. The van der Waals surface area contributed by atoms with Gasteiger partial charge in [0, 0.05) is 37.3 Å². The third kappa shape index (κ3) is 5.70. The number of piperidine rings is 1. The number of aromatic nitrogens is 3. The van der Waals surface area contributed by atoms with Gasteiger partial charge in [0.25, 0.3) is 0 Å². The lowest BCUT2D eigenvalue weighted by Gasteiger charge is -2.32. The van der Waals surface area contributed by atoms with Crippen molar-refractivity contribution in [2.24, 2.45) is 13.0 Å². The van der Waals surface area contributed by atoms with Crippen molar-refractivity contribution < 1.29 is 9.59 Å². The number of nitrogens with one attached hydrogen (secondary N) is 2. The zero-order valence-electron chi connectivity index (χ0n) is 15.3. The van der Waals surface area contributed by atoms with Crippen molar-refractivity contribution in [1.82, 2.24) is 30.3 Å². The topological polar surface area (TPSA) is 92.2 Å². The number of aryl methyl sites for hydroxylation is 1. The van der Waals surface area contributed by atoms with E-state index in [1.165, 1.54) is 0 Å². The van der Waals surface area contributed by atoms with Gasteiger partial charge in [-0.05, 0) is 24.3 Å². The number of likely N-dealkylation sites (tertiary alicyclic amines) is 1. The van der Waals surface area contributed by atoms with Crippen LogP contribution in [0.4, 0.5) is 4.79 Å². The molecular formula is C17H24N6O2S2. The summed E-state index contributed by atoms with van der Waals surface area (Å²) in [6.45, 7) is 2.27. The predicted octanol–water partition coefficient (Wildman–Crippen LogP) is 1.71. The molecule has 8 nitrogen and oxygen atoms in total. The summed E-state index contributed by atoms with van der Waals surface area (Å²) < 4.78 is 1.85. The molecule has 1 saturated heterocycles. The van der Waals surface area contributed by atoms with E-state index in [2.05, 4.69) is 20.8 Å². The SMILES string of the molecule is Cn1cnnc1SCCNC(=O)C1CCCN(C(=O)NCc2cccs2)C1. The molecule has 10 heteroatoms. The molecule has 1 aliphatic heterocycles. The molecule has 3 heterocycles. The first-order valence-corrected chi connectivity index (χ1v) is 10.8. The average molecular weight is 409 g/mol. The molecule has 3 rings (SSSR count). The highest BCUT2D eigenvalue weighted by molar-refractivity contribution is 7.99. The summed E-state index contributed by atoms with van der Waals surface area (Å²) in [6, 6.07) is 3.87. The second-order valence-corrected chi connectivity index (χ2v) is 8.48. The molecule has 0 aromatic carbocycles. The van der Waals surface area contributed by atoms with Crippen molar-refractivity contribution in [2.45, 2.75) is 24.5 Å². The maximum Gasteiger partial charge on any atom is 0.317 e. The van der Waals surface area contributed by atoms with Crippen LogP contribution in [-0.2, 0) is 18.4 Å². The molecule has 1 aliphatic rings. The summed E-state index contributed by atoms with van der Waals surface area (Å²) in [4.78, 5) is 27.6. The molecule has 2 aromatic rings. The van der Waals surface area contributed by atoms with Gasteiger partial charge in [0.2, 0.25) is 5.91 Å². The van der Waals surface area contributed by atoms with Crippen LogP contribution in [0.1, 0.15) is 17.7 Å². The Morgan fingerprint density at radius 1 is 1.41 bits per heavy atom. The van der Waals surface area contributed by atoms with E-state index in [1.807, 2.05) is 29.1 Å². The summed E-state index contributed by atoms with van der Waals surface area (Å²) >= 11 is 3.17. The minimum Gasteiger partial charge on any atom is -0.355 e. The lowest BCUT2D eigenvalue weighted by Crippen LogP contribution is -2.48. The van der Waals surface area contributed by atoms with Crippen LogP contribution in [0.5, 0.6) is 0 Å². The van der Waals surface area contributed by atoms with E-state index in [1.54, 1.807) is 34.3 Å². The van der Waals surface area contributed by atoms with E-state index in [0.717, 1.165) is 28.6 Å². The number of urea groups is 1. The van der Waals surface area contributed by atoms with Gasteiger partial charge in [-0.1, -0.05) is 17.8 Å². The highest BCUT2D eigenvalue weighted by Gasteiger charge is 2.28. The van der Waals surface area contributed by atoms with Crippen molar-refractivity contribution >= 4 is 35.0 Å². The van der Waals surface area contributed by atoms with Crippen LogP contribution in [0.15, 0.2) is 29.0 Å². The van der Waals surface area contributed by atoms with E-state index < -0.39 is 0 Å². The Kier molecular flexibility index (Phi) is 7.11. The zero-order valence-corrected chi connectivity index (χ0v) is 16.9. The molecule has 0 radical (unpaired) electrons. The maximum atomic E-state index is 12.4. The van der Waals surface area contributed by atoms with Gasteiger partial charge in [-0.15, -0.1) is 21.5 Å². The van der Waals surface area contributed by atoms with Gasteiger partial charge in [0.05, 0.1) is 12.5 Å². The Bertz CT molecular complexity index is 748. The fourth-order valence-corrected chi connectivity index (χ4v) is 4.31. The smallest absolute Gasteiger partial charge is 0.317 e. The number of thioether (sulfide) groups is 1. The monoisotopic (exact) mass is 408 g/mol. The van der Waals surface area contributed by atoms with E-state index >= 15 is 0 Å². The molecule has 2 aromatic heterocycles. The molecule has 1 unspecified atom stereocenters. The van der Waals surface area contributed by atoms with Crippen LogP contribution in [0.2, 0.25) is 0 Å². The summed E-state index contributed by atoms with van der Waals surface area (Å²) in [7, 11) is 1.89. The molecule has 146 valence electrons. The lowest BCUT2D eigenvalue weighted by atomic mass is 9.97. The number of carbonyl (C=O) groups excluding carboxylic acids is 2.